The van der Waals surface area contributed by atoms with E-state index in [2.05, 4.69) is 40.1 Å². The van der Waals surface area contributed by atoms with Crippen LogP contribution in [0, 0.1) is 8.99 Å². The summed E-state index contributed by atoms with van der Waals surface area (Å²) in [5.74, 6) is 0.0414. The number of carbonyl (C=O) groups is 1. The van der Waals surface area contributed by atoms with Crippen molar-refractivity contribution < 1.29 is 4.79 Å². The Morgan fingerprint density at radius 1 is 1.37 bits per heavy atom. The largest absolute Gasteiger partial charge is 0.351 e. The van der Waals surface area contributed by atoms with Crippen molar-refractivity contribution >= 4 is 40.9 Å². The predicted molar refractivity (Wildman–Crippen MR) is 89.0 cm³/mol. The Morgan fingerprint density at radius 2 is 2.00 bits per heavy atom. The van der Waals surface area contributed by atoms with Crippen molar-refractivity contribution in [3.05, 3.63) is 33.4 Å². The fraction of sp³-hybridized carbons (Fsp3) is 0.500. The zero-order valence-corrected chi connectivity index (χ0v) is 14.0. The first kappa shape index (κ1) is 16.7. The topological polar surface area (TPSA) is 41.1 Å². The van der Waals surface area contributed by atoms with Gasteiger partial charge in [0.15, 0.2) is 0 Å². The number of carbonyl (C=O) groups excluding carboxylic acids is 1. The van der Waals surface area contributed by atoms with E-state index in [9.17, 15) is 4.79 Å². The number of hydrogen-bond donors (Lipinski definition) is 2. The second kappa shape index (κ2) is 7.45. The summed E-state index contributed by atoms with van der Waals surface area (Å²) in [6.07, 6.45) is 2.25. The lowest BCUT2D eigenvalue weighted by Crippen LogP contribution is -2.43. The standard InChI is InChI=1S/C14H19IN2O.ClH/c1-14(6-8-16-9-7-14)10-17-13(18)11-4-2-3-5-12(11)15;/h2-5,16H,6-10H2,1H3,(H,17,18);1H. The van der Waals surface area contributed by atoms with E-state index < -0.39 is 0 Å². The van der Waals surface area contributed by atoms with Crippen LogP contribution in [0.1, 0.15) is 30.1 Å². The van der Waals surface area contributed by atoms with Gasteiger partial charge in [-0.25, -0.2) is 0 Å². The van der Waals surface area contributed by atoms with Crippen molar-refractivity contribution in [2.75, 3.05) is 19.6 Å². The molecule has 19 heavy (non-hydrogen) atoms. The number of nitrogens with one attached hydrogen (secondary N) is 2. The number of halogens is 2. The van der Waals surface area contributed by atoms with Crippen LogP contribution in [0.2, 0.25) is 0 Å². The van der Waals surface area contributed by atoms with E-state index in [4.69, 9.17) is 0 Å². The van der Waals surface area contributed by atoms with Crippen molar-refractivity contribution in [3.8, 4) is 0 Å². The average Bonchev–Trinajstić information content (AvgIpc) is 2.38. The summed E-state index contributed by atoms with van der Waals surface area (Å²) in [4.78, 5) is 12.1. The normalized spacial score (nSPS) is 17.4. The minimum Gasteiger partial charge on any atom is -0.351 e. The van der Waals surface area contributed by atoms with Crippen LogP contribution in [0.15, 0.2) is 24.3 Å². The maximum Gasteiger partial charge on any atom is 0.252 e. The van der Waals surface area contributed by atoms with Gasteiger partial charge in [-0.05, 0) is 66.1 Å². The van der Waals surface area contributed by atoms with Crippen LogP contribution in [0.25, 0.3) is 0 Å². The van der Waals surface area contributed by atoms with E-state index in [-0.39, 0.29) is 23.7 Å². The van der Waals surface area contributed by atoms with Crippen LogP contribution >= 0.6 is 35.0 Å². The molecule has 1 fully saturated rings. The van der Waals surface area contributed by atoms with Gasteiger partial charge in [-0.3, -0.25) is 4.79 Å². The van der Waals surface area contributed by atoms with Gasteiger partial charge in [0.2, 0.25) is 0 Å². The number of rotatable bonds is 3. The highest BCUT2D eigenvalue weighted by atomic mass is 127. The van der Waals surface area contributed by atoms with E-state index in [1.165, 1.54) is 0 Å². The molecule has 0 atom stereocenters. The molecule has 0 unspecified atom stereocenters. The number of amides is 1. The van der Waals surface area contributed by atoms with E-state index in [1.807, 2.05) is 24.3 Å². The molecule has 0 aliphatic carbocycles. The van der Waals surface area contributed by atoms with Gasteiger partial charge in [0, 0.05) is 10.1 Å². The summed E-state index contributed by atoms with van der Waals surface area (Å²) in [7, 11) is 0. The van der Waals surface area contributed by atoms with Gasteiger partial charge in [0.1, 0.15) is 0 Å². The van der Waals surface area contributed by atoms with Crippen molar-refractivity contribution in [1.29, 1.82) is 0 Å². The third-order valence-electron chi connectivity index (χ3n) is 3.60. The van der Waals surface area contributed by atoms with Crippen LogP contribution in [-0.4, -0.2) is 25.5 Å². The monoisotopic (exact) mass is 394 g/mol. The zero-order chi connectivity index (χ0) is 13.0. The summed E-state index contributed by atoms with van der Waals surface area (Å²) in [6, 6.07) is 7.69. The lowest BCUT2D eigenvalue weighted by molar-refractivity contribution is 0.0921. The molecule has 1 saturated heterocycles. The minimum absolute atomic E-state index is 0. The van der Waals surface area contributed by atoms with Gasteiger partial charge in [0.05, 0.1) is 5.56 Å². The van der Waals surface area contributed by atoms with Gasteiger partial charge in [-0.15, -0.1) is 12.4 Å². The quantitative estimate of drug-likeness (QED) is 0.774. The first-order chi connectivity index (χ1) is 8.61. The molecule has 0 saturated carbocycles. The van der Waals surface area contributed by atoms with Crippen molar-refractivity contribution in [3.63, 3.8) is 0 Å². The molecule has 1 aliphatic heterocycles. The number of piperidine rings is 1. The van der Waals surface area contributed by atoms with Gasteiger partial charge in [-0.2, -0.15) is 0 Å². The molecule has 2 rings (SSSR count). The lowest BCUT2D eigenvalue weighted by atomic mass is 9.81. The van der Waals surface area contributed by atoms with Crippen LogP contribution in [-0.2, 0) is 0 Å². The second-order valence-corrected chi connectivity index (χ2v) is 6.39. The molecule has 1 aliphatic rings. The van der Waals surface area contributed by atoms with Gasteiger partial charge in [-0.1, -0.05) is 19.1 Å². The van der Waals surface area contributed by atoms with Crippen molar-refractivity contribution in [1.82, 2.24) is 10.6 Å². The Morgan fingerprint density at radius 3 is 2.63 bits per heavy atom. The fourth-order valence-electron chi connectivity index (χ4n) is 2.24. The Labute approximate surface area is 134 Å². The molecular weight excluding hydrogens is 375 g/mol. The van der Waals surface area contributed by atoms with Crippen LogP contribution in [0.5, 0.6) is 0 Å². The summed E-state index contributed by atoms with van der Waals surface area (Å²) >= 11 is 2.20. The number of hydrogen-bond acceptors (Lipinski definition) is 2. The molecule has 1 aromatic carbocycles. The molecule has 1 aromatic rings. The Balaban J connectivity index is 0.00000180. The Kier molecular flexibility index (Phi) is 6.56. The van der Waals surface area contributed by atoms with Gasteiger partial charge < -0.3 is 10.6 Å². The summed E-state index contributed by atoms with van der Waals surface area (Å²) in [6.45, 7) is 5.12. The molecule has 3 nitrogen and oxygen atoms in total. The summed E-state index contributed by atoms with van der Waals surface area (Å²) in [5, 5.41) is 6.43. The second-order valence-electron chi connectivity index (χ2n) is 5.22. The molecule has 2 N–H and O–H groups in total. The lowest BCUT2D eigenvalue weighted by Gasteiger charge is -2.34. The SMILES string of the molecule is CC1(CNC(=O)c2ccccc2I)CCNCC1.Cl. The highest BCUT2D eigenvalue weighted by Gasteiger charge is 2.27. The molecular formula is C14H20ClIN2O. The van der Waals surface area contributed by atoms with Crippen molar-refractivity contribution in [2.24, 2.45) is 5.41 Å². The minimum atomic E-state index is 0. The van der Waals surface area contributed by atoms with E-state index in [1.54, 1.807) is 0 Å². The maximum absolute atomic E-state index is 12.1. The first-order valence-electron chi connectivity index (χ1n) is 6.34. The first-order valence-corrected chi connectivity index (χ1v) is 7.42. The molecule has 1 amide bonds. The molecule has 0 radical (unpaired) electrons. The summed E-state index contributed by atoms with van der Waals surface area (Å²) < 4.78 is 1.00. The molecule has 5 heteroatoms. The predicted octanol–water partition coefficient (Wildman–Crippen LogP) is 2.83. The third kappa shape index (κ3) is 4.61. The van der Waals surface area contributed by atoms with E-state index in [0.717, 1.165) is 41.6 Å². The average molecular weight is 395 g/mol. The fourth-order valence-corrected chi connectivity index (χ4v) is 2.87. The highest BCUT2D eigenvalue weighted by molar-refractivity contribution is 14.1. The van der Waals surface area contributed by atoms with Crippen LogP contribution in [0.3, 0.4) is 0 Å². The third-order valence-corrected chi connectivity index (χ3v) is 4.55. The van der Waals surface area contributed by atoms with Crippen LogP contribution in [0.4, 0.5) is 0 Å². The van der Waals surface area contributed by atoms with Gasteiger partial charge in [0.25, 0.3) is 5.91 Å². The smallest absolute Gasteiger partial charge is 0.252 e. The Hall–Kier alpha value is -0.330. The Bertz CT molecular complexity index is 433. The van der Waals surface area contributed by atoms with Crippen LogP contribution < -0.4 is 10.6 Å². The highest BCUT2D eigenvalue weighted by Crippen LogP contribution is 2.26. The van der Waals surface area contributed by atoms with E-state index in [0.29, 0.717) is 0 Å². The van der Waals surface area contributed by atoms with E-state index >= 15 is 0 Å². The number of benzene rings is 1. The molecule has 0 aromatic heterocycles. The summed E-state index contributed by atoms with van der Waals surface area (Å²) in [5.41, 5.74) is 1.01. The molecule has 106 valence electrons. The molecule has 0 spiro atoms. The maximum atomic E-state index is 12.1. The molecule has 1 heterocycles. The van der Waals surface area contributed by atoms with Crippen molar-refractivity contribution in [2.45, 2.75) is 19.8 Å². The van der Waals surface area contributed by atoms with Gasteiger partial charge >= 0.3 is 0 Å². The molecule has 0 bridgehead atoms. The zero-order valence-electron chi connectivity index (χ0n) is 11.0.